The number of aliphatic hydroxyl groups excluding tert-OH is 1. The van der Waals surface area contributed by atoms with Crippen LogP contribution >= 0.6 is 8.46 Å². The van der Waals surface area contributed by atoms with Crippen LogP contribution in [0.4, 0.5) is 5.69 Å². The molecule has 0 radical (unpaired) electrons. The summed E-state index contributed by atoms with van der Waals surface area (Å²) in [6.07, 6.45) is -0.140. The summed E-state index contributed by atoms with van der Waals surface area (Å²) in [5.74, 6) is 0.612. The summed E-state index contributed by atoms with van der Waals surface area (Å²) in [5, 5.41) is 22.6. The van der Waals surface area contributed by atoms with Gasteiger partial charge in [0.05, 0.1) is 10.6 Å². The summed E-state index contributed by atoms with van der Waals surface area (Å²) in [4.78, 5) is 0.0589. The number of hydrogen-bond donors (Lipinski definition) is 4. The Balaban J connectivity index is 1.10. The second-order valence-electron chi connectivity index (χ2n) is 10.7. The molecule has 5 aromatic carbocycles. The van der Waals surface area contributed by atoms with Crippen LogP contribution in [0.2, 0.25) is 0 Å². The van der Waals surface area contributed by atoms with Gasteiger partial charge in [-0.15, -0.1) is 0 Å². The Hall–Kier alpha value is -4.73. The van der Waals surface area contributed by atoms with Gasteiger partial charge < -0.3 is 25.0 Å². The number of hydrogen-bond acceptors (Lipinski definition) is 8. The van der Waals surface area contributed by atoms with Crippen molar-refractivity contribution in [1.29, 1.82) is 0 Å². The highest BCUT2D eigenvalue weighted by atomic mass is 32.2. The van der Waals surface area contributed by atoms with Crippen molar-refractivity contribution in [1.82, 2.24) is 5.32 Å². The van der Waals surface area contributed by atoms with E-state index in [0.717, 1.165) is 16.7 Å². The SMILES string of the molecule is O=PC(Oc1ccc(CCNCC(O)COc2ccc(O)c(NS(=O)(=O)c3ccccc3)c2)cc1)(c1ccccc1)c1ccccc1. The Bertz CT molecular complexity index is 1800. The van der Waals surface area contributed by atoms with Gasteiger partial charge in [-0.3, -0.25) is 9.29 Å². The number of phenols is 1. The quantitative estimate of drug-likeness (QED) is 0.0543. The van der Waals surface area contributed by atoms with Crippen molar-refractivity contribution in [3.8, 4) is 17.2 Å². The molecular formula is C36H35N2O7PS. The summed E-state index contributed by atoms with van der Waals surface area (Å²) >= 11 is 0. The first-order valence-electron chi connectivity index (χ1n) is 14.9. The number of aliphatic hydroxyl groups is 1. The van der Waals surface area contributed by atoms with E-state index in [1.54, 1.807) is 18.2 Å². The summed E-state index contributed by atoms with van der Waals surface area (Å²) < 4.78 is 52.4. The molecule has 0 aliphatic carbocycles. The van der Waals surface area contributed by atoms with Crippen molar-refractivity contribution in [3.63, 3.8) is 0 Å². The molecule has 0 aliphatic rings. The van der Waals surface area contributed by atoms with E-state index in [1.165, 1.54) is 30.3 Å². The second-order valence-corrected chi connectivity index (χ2v) is 13.2. The van der Waals surface area contributed by atoms with Gasteiger partial charge in [0.25, 0.3) is 10.0 Å². The topological polar surface area (TPSA) is 134 Å². The number of aromatic hydroxyl groups is 1. The van der Waals surface area contributed by atoms with Crippen LogP contribution in [0, 0.1) is 0 Å². The average Bonchev–Trinajstić information content (AvgIpc) is 3.11. The minimum atomic E-state index is -3.90. The van der Waals surface area contributed by atoms with Crippen molar-refractivity contribution < 1.29 is 32.7 Å². The molecule has 0 bridgehead atoms. The van der Waals surface area contributed by atoms with Crippen molar-refractivity contribution in [2.75, 3.05) is 24.4 Å². The number of phenolic OH excluding ortho intramolecular Hbond substituents is 1. The summed E-state index contributed by atoms with van der Waals surface area (Å²) in [5.41, 5.74) is 2.57. The lowest BCUT2D eigenvalue weighted by atomic mass is 10.0. The molecule has 47 heavy (non-hydrogen) atoms. The van der Waals surface area contributed by atoms with Crippen LogP contribution in [-0.2, 0) is 26.4 Å². The predicted molar refractivity (Wildman–Crippen MR) is 182 cm³/mol. The van der Waals surface area contributed by atoms with E-state index in [1.807, 2.05) is 84.9 Å². The van der Waals surface area contributed by atoms with Crippen LogP contribution in [-0.4, -0.2) is 44.4 Å². The third-order valence-corrected chi connectivity index (χ3v) is 9.57. The van der Waals surface area contributed by atoms with Crippen LogP contribution in [0.1, 0.15) is 16.7 Å². The van der Waals surface area contributed by atoms with Gasteiger partial charge in [-0.1, -0.05) is 91.0 Å². The highest BCUT2D eigenvalue weighted by Gasteiger charge is 2.38. The standard InChI is InChI=1S/C36H35N2O7PS/c39-30(26-44-32-20-21-35(40)34(24-32)38-47(42,43)33-14-8-3-9-15-33)25-37-23-22-27-16-18-31(19-17-27)45-36(46-41,28-10-4-1-5-11-28)29-12-6-2-7-13-29/h1-21,24,30,37-40H,22-23,25-26H2. The number of benzene rings is 5. The minimum Gasteiger partial charge on any atom is -0.506 e. The first kappa shape index (κ1) is 33.6. The molecule has 0 saturated heterocycles. The molecule has 0 spiro atoms. The Kier molecular flexibility index (Phi) is 11.2. The monoisotopic (exact) mass is 670 g/mol. The largest absolute Gasteiger partial charge is 0.506 e. The summed E-state index contributed by atoms with van der Waals surface area (Å²) in [7, 11) is -4.10. The van der Waals surface area contributed by atoms with Crippen LogP contribution in [0.5, 0.6) is 17.2 Å². The maximum absolute atomic E-state index is 12.7. The molecule has 0 aromatic heterocycles. The first-order chi connectivity index (χ1) is 22.8. The predicted octanol–water partition coefficient (Wildman–Crippen LogP) is 6.34. The molecule has 9 nitrogen and oxygen atoms in total. The van der Waals surface area contributed by atoms with E-state index < -0.39 is 21.5 Å². The first-order valence-corrected chi connectivity index (χ1v) is 17.2. The van der Waals surface area contributed by atoms with Gasteiger partial charge in [0.2, 0.25) is 13.8 Å². The Morgan fingerprint density at radius 2 is 1.34 bits per heavy atom. The van der Waals surface area contributed by atoms with Gasteiger partial charge in [0, 0.05) is 23.7 Å². The molecule has 0 amide bonds. The third kappa shape index (κ3) is 8.75. The van der Waals surface area contributed by atoms with Gasteiger partial charge in [0.15, 0.2) is 0 Å². The lowest BCUT2D eigenvalue weighted by Gasteiger charge is -2.29. The fourth-order valence-corrected chi connectivity index (χ4v) is 6.61. The molecule has 242 valence electrons. The second kappa shape index (κ2) is 15.7. The van der Waals surface area contributed by atoms with Crippen molar-refractivity contribution in [2.45, 2.75) is 22.8 Å². The normalized spacial score (nSPS) is 12.4. The third-order valence-electron chi connectivity index (χ3n) is 7.33. The van der Waals surface area contributed by atoms with E-state index in [4.69, 9.17) is 9.47 Å². The van der Waals surface area contributed by atoms with Crippen molar-refractivity contribution in [3.05, 3.63) is 150 Å². The summed E-state index contributed by atoms with van der Waals surface area (Å²) in [6, 6.07) is 38.6. The van der Waals surface area contributed by atoms with Crippen molar-refractivity contribution in [2.24, 2.45) is 0 Å². The summed E-state index contributed by atoms with van der Waals surface area (Å²) in [6.45, 7) is 0.823. The Morgan fingerprint density at radius 1 is 0.766 bits per heavy atom. The van der Waals surface area contributed by atoms with E-state index in [9.17, 15) is 23.2 Å². The number of rotatable bonds is 16. The molecule has 0 fully saturated rings. The van der Waals surface area contributed by atoms with E-state index in [0.29, 0.717) is 18.7 Å². The molecular weight excluding hydrogens is 635 g/mol. The number of nitrogens with one attached hydrogen (secondary N) is 2. The minimum absolute atomic E-state index is 0.0335. The van der Waals surface area contributed by atoms with Gasteiger partial charge >= 0.3 is 0 Å². The molecule has 0 saturated carbocycles. The zero-order valence-corrected chi connectivity index (χ0v) is 27.1. The lowest BCUT2D eigenvalue weighted by Crippen LogP contribution is -2.32. The number of ether oxygens (including phenoxy) is 2. The molecule has 5 aromatic rings. The van der Waals surface area contributed by atoms with Crippen molar-refractivity contribution >= 4 is 24.2 Å². The Labute approximate surface area is 276 Å². The van der Waals surface area contributed by atoms with Gasteiger partial charge in [-0.2, -0.15) is 0 Å². The molecule has 0 aliphatic heterocycles. The zero-order valence-electron chi connectivity index (χ0n) is 25.4. The maximum atomic E-state index is 12.7. The molecule has 11 heteroatoms. The molecule has 4 N–H and O–H groups in total. The smallest absolute Gasteiger partial charge is 0.262 e. The van der Waals surface area contributed by atoms with Gasteiger partial charge in [-0.25, -0.2) is 8.42 Å². The number of sulfonamides is 1. The van der Waals surface area contributed by atoms with Gasteiger partial charge in [-0.05, 0) is 54.9 Å². The lowest BCUT2D eigenvalue weighted by molar-refractivity contribution is 0.106. The fourth-order valence-electron chi connectivity index (χ4n) is 4.87. The number of anilines is 1. The van der Waals surface area contributed by atoms with Crippen LogP contribution in [0.15, 0.2) is 138 Å². The average molecular weight is 671 g/mol. The van der Waals surface area contributed by atoms with Crippen LogP contribution in [0.25, 0.3) is 0 Å². The Morgan fingerprint density at radius 3 is 1.94 bits per heavy atom. The maximum Gasteiger partial charge on any atom is 0.262 e. The van der Waals surface area contributed by atoms with Crippen LogP contribution in [0.3, 0.4) is 0 Å². The molecule has 0 heterocycles. The van der Waals surface area contributed by atoms with Gasteiger partial charge in [0.1, 0.15) is 30.0 Å². The molecule has 1 atom stereocenters. The van der Waals surface area contributed by atoms with E-state index in [-0.39, 0.29) is 43.7 Å². The highest BCUT2D eigenvalue weighted by Crippen LogP contribution is 2.43. The van der Waals surface area contributed by atoms with E-state index in [2.05, 4.69) is 10.0 Å². The highest BCUT2D eigenvalue weighted by molar-refractivity contribution is 7.92. The van der Waals surface area contributed by atoms with E-state index >= 15 is 0 Å². The molecule has 5 rings (SSSR count). The van der Waals surface area contributed by atoms with Crippen LogP contribution < -0.4 is 19.5 Å². The molecule has 1 unspecified atom stereocenters. The fraction of sp³-hybridized carbons (Fsp3) is 0.167. The zero-order chi connectivity index (χ0) is 33.1.